The molecule has 3 heteroatoms. The Morgan fingerprint density at radius 1 is 1.29 bits per heavy atom. The smallest absolute Gasteiger partial charge is 0.306 e. The van der Waals surface area contributed by atoms with Gasteiger partial charge in [0.25, 0.3) is 0 Å². The second-order valence-corrected chi connectivity index (χ2v) is 5.80. The summed E-state index contributed by atoms with van der Waals surface area (Å²) in [5.41, 5.74) is 0. The molecule has 0 spiro atoms. The van der Waals surface area contributed by atoms with Crippen molar-refractivity contribution in [2.75, 3.05) is 13.1 Å². The lowest BCUT2D eigenvalue weighted by atomic mass is 9.82. The number of carboxylic acids is 1. The van der Waals surface area contributed by atoms with Gasteiger partial charge in [0.15, 0.2) is 0 Å². The van der Waals surface area contributed by atoms with Crippen LogP contribution in [0.3, 0.4) is 0 Å². The van der Waals surface area contributed by atoms with Crippen molar-refractivity contribution in [1.29, 1.82) is 0 Å². The summed E-state index contributed by atoms with van der Waals surface area (Å²) in [6.07, 6.45) is 6.44. The predicted molar refractivity (Wildman–Crippen MR) is 70.0 cm³/mol. The molecule has 1 aliphatic carbocycles. The van der Waals surface area contributed by atoms with Crippen molar-refractivity contribution in [2.45, 2.75) is 52.4 Å². The summed E-state index contributed by atoms with van der Waals surface area (Å²) in [6, 6.07) is 0. The van der Waals surface area contributed by atoms with Crippen LogP contribution in [0.25, 0.3) is 0 Å². The van der Waals surface area contributed by atoms with Gasteiger partial charge in [-0.25, -0.2) is 0 Å². The van der Waals surface area contributed by atoms with Crippen LogP contribution in [0.15, 0.2) is 0 Å². The molecule has 1 saturated carbocycles. The number of aliphatic carboxylic acids is 1. The molecule has 0 aromatic carbocycles. The zero-order valence-electron chi connectivity index (χ0n) is 11.2. The van der Waals surface area contributed by atoms with Gasteiger partial charge in [-0.1, -0.05) is 13.8 Å². The molecule has 1 rings (SSSR count). The third-order valence-electron chi connectivity index (χ3n) is 3.76. The third-order valence-corrected chi connectivity index (χ3v) is 3.76. The van der Waals surface area contributed by atoms with Gasteiger partial charge in [0.1, 0.15) is 0 Å². The highest BCUT2D eigenvalue weighted by Gasteiger charge is 2.25. The molecule has 0 bridgehead atoms. The maximum absolute atomic E-state index is 10.8. The van der Waals surface area contributed by atoms with Crippen LogP contribution in [0.2, 0.25) is 0 Å². The van der Waals surface area contributed by atoms with Crippen molar-refractivity contribution in [1.82, 2.24) is 5.32 Å². The fraction of sp³-hybridized carbons (Fsp3) is 0.929. The van der Waals surface area contributed by atoms with E-state index in [1.807, 2.05) is 0 Å². The number of hydrogen-bond donors (Lipinski definition) is 2. The van der Waals surface area contributed by atoms with Crippen molar-refractivity contribution in [3.8, 4) is 0 Å². The van der Waals surface area contributed by atoms with Crippen LogP contribution in [-0.4, -0.2) is 24.2 Å². The molecule has 100 valence electrons. The summed E-state index contributed by atoms with van der Waals surface area (Å²) in [5, 5.41) is 12.4. The summed E-state index contributed by atoms with van der Waals surface area (Å²) in [5.74, 6) is 0.813. The van der Waals surface area contributed by atoms with Gasteiger partial charge in [-0.3, -0.25) is 4.79 Å². The highest BCUT2D eigenvalue weighted by atomic mass is 16.4. The van der Waals surface area contributed by atoms with E-state index in [-0.39, 0.29) is 5.92 Å². The lowest BCUT2D eigenvalue weighted by Gasteiger charge is -2.26. The van der Waals surface area contributed by atoms with E-state index in [0.29, 0.717) is 5.92 Å². The van der Waals surface area contributed by atoms with E-state index >= 15 is 0 Å². The molecule has 0 radical (unpaired) electrons. The lowest BCUT2D eigenvalue weighted by molar-refractivity contribution is -0.143. The van der Waals surface area contributed by atoms with Gasteiger partial charge in [-0.2, -0.15) is 0 Å². The minimum atomic E-state index is -0.603. The van der Waals surface area contributed by atoms with Crippen LogP contribution in [0.5, 0.6) is 0 Å². The van der Waals surface area contributed by atoms with Crippen LogP contribution >= 0.6 is 0 Å². The standard InChI is InChI=1S/C14H27NO2/c1-11(2)4-3-9-15-10-12-5-7-13(8-6-12)14(16)17/h11-13,15H,3-10H2,1-2H3,(H,16,17). The molecule has 0 unspecified atom stereocenters. The average molecular weight is 241 g/mol. The van der Waals surface area contributed by atoms with Crippen molar-refractivity contribution in [3.63, 3.8) is 0 Å². The quantitative estimate of drug-likeness (QED) is 0.674. The Bertz CT molecular complexity index is 220. The van der Waals surface area contributed by atoms with E-state index < -0.39 is 5.97 Å². The molecule has 0 aliphatic heterocycles. The maximum Gasteiger partial charge on any atom is 0.306 e. The molecule has 0 heterocycles. The van der Waals surface area contributed by atoms with Crippen LogP contribution in [0.4, 0.5) is 0 Å². The molecule has 1 aliphatic rings. The first-order valence-corrected chi connectivity index (χ1v) is 7.03. The Hall–Kier alpha value is -0.570. The number of nitrogens with one attached hydrogen (secondary N) is 1. The number of carboxylic acid groups (broad SMARTS) is 1. The van der Waals surface area contributed by atoms with Gasteiger partial charge in [0.2, 0.25) is 0 Å². The zero-order valence-corrected chi connectivity index (χ0v) is 11.2. The second-order valence-electron chi connectivity index (χ2n) is 5.80. The molecule has 1 fully saturated rings. The Labute approximate surface area is 105 Å². The van der Waals surface area contributed by atoms with E-state index in [9.17, 15) is 4.79 Å². The summed E-state index contributed by atoms with van der Waals surface area (Å²) >= 11 is 0. The zero-order chi connectivity index (χ0) is 12.7. The molecule has 0 saturated heterocycles. The van der Waals surface area contributed by atoms with Crippen LogP contribution < -0.4 is 5.32 Å². The van der Waals surface area contributed by atoms with Crippen molar-refractivity contribution in [2.24, 2.45) is 17.8 Å². The molecule has 2 N–H and O–H groups in total. The Kier molecular flexibility index (Phi) is 6.56. The summed E-state index contributed by atoms with van der Waals surface area (Å²) < 4.78 is 0. The van der Waals surface area contributed by atoms with Gasteiger partial charge in [0.05, 0.1) is 5.92 Å². The lowest BCUT2D eigenvalue weighted by Crippen LogP contribution is -2.29. The number of rotatable bonds is 7. The van der Waals surface area contributed by atoms with Gasteiger partial charge < -0.3 is 10.4 Å². The summed E-state index contributed by atoms with van der Waals surface area (Å²) in [7, 11) is 0. The molecule has 3 nitrogen and oxygen atoms in total. The maximum atomic E-state index is 10.8. The van der Waals surface area contributed by atoms with Gasteiger partial charge >= 0.3 is 5.97 Å². The molecular weight excluding hydrogens is 214 g/mol. The average Bonchev–Trinajstić information content (AvgIpc) is 2.29. The van der Waals surface area contributed by atoms with Crippen molar-refractivity contribution < 1.29 is 9.90 Å². The van der Waals surface area contributed by atoms with Crippen molar-refractivity contribution >= 4 is 5.97 Å². The highest BCUT2D eigenvalue weighted by molar-refractivity contribution is 5.69. The Morgan fingerprint density at radius 3 is 2.47 bits per heavy atom. The fourth-order valence-electron chi connectivity index (χ4n) is 2.56. The largest absolute Gasteiger partial charge is 0.481 e. The van der Waals surface area contributed by atoms with E-state index in [0.717, 1.165) is 44.7 Å². The van der Waals surface area contributed by atoms with Crippen LogP contribution in [0, 0.1) is 17.8 Å². The Morgan fingerprint density at radius 2 is 1.94 bits per heavy atom. The molecule has 0 aromatic rings. The van der Waals surface area contributed by atoms with E-state index in [4.69, 9.17) is 5.11 Å². The first-order valence-electron chi connectivity index (χ1n) is 7.03. The SMILES string of the molecule is CC(C)CCCNCC1CCC(C(=O)O)CC1. The monoisotopic (exact) mass is 241 g/mol. The van der Waals surface area contributed by atoms with Crippen LogP contribution in [-0.2, 0) is 4.79 Å². The van der Waals surface area contributed by atoms with E-state index in [2.05, 4.69) is 19.2 Å². The molecule has 0 aromatic heterocycles. The first kappa shape index (κ1) is 14.5. The molecule has 0 atom stereocenters. The van der Waals surface area contributed by atoms with Gasteiger partial charge in [-0.15, -0.1) is 0 Å². The molecule has 0 amide bonds. The highest BCUT2D eigenvalue weighted by Crippen LogP contribution is 2.28. The summed E-state index contributed by atoms with van der Waals surface area (Å²) in [6.45, 7) is 6.70. The third kappa shape index (κ3) is 6.06. The number of carbonyl (C=O) groups is 1. The normalized spacial score (nSPS) is 25.1. The van der Waals surface area contributed by atoms with E-state index in [1.165, 1.54) is 12.8 Å². The second kappa shape index (κ2) is 7.70. The predicted octanol–water partition coefficient (Wildman–Crippen LogP) is 2.90. The van der Waals surface area contributed by atoms with Gasteiger partial charge in [-0.05, 0) is 63.5 Å². The molecule has 17 heavy (non-hydrogen) atoms. The Balaban J connectivity index is 2.01. The minimum Gasteiger partial charge on any atom is -0.481 e. The fourth-order valence-corrected chi connectivity index (χ4v) is 2.56. The topological polar surface area (TPSA) is 49.3 Å². The minimum absolute atomic E-state index is 0.0767. The first-order chi connectivity index (χ1) is 8.09. The van der Waals surface area contributed by atoms with E-state index in [1.54, 1.807) is 0 Å². The van der Waals surface area contributed by atoms with Gasteiger partial charge in [0, 0.05) is 0 Å². The molecular formula is C14H27NO2. The van der Waals surface area contributed by atoms with Crippen molar-refractivity contribution in [3.05, 3.63) is 0 Å². The number of hydrogen-bond acceptors (Lipinski definition) is 2. The summed E-state index contributed by atoms with van der Waals surface area (Å²) in [4.78, 5) is 10.8. The van der Waals surface area contributed by atoms with Crippen LogP contribution in [0.1, 0.15) is 52.4 Å².